The zero-order chi connectivity index (χ0) is 13.5. The molecule has 1 aromatic carbocycles. The second-order valence-corrected chi connectivity index (χ2v) is 5.12. The summed E-state index contributed by atoms with van der Waals surface area (Å²) in [7, 11) is 0. The Labute approximate surface area is 114 Å². The third-order valence-corrected chi connectivity index (χ3v) is 3.56. The van der Waals surface area contributed by atoms with E-state index in [1.165, 1.54) is 0 Å². The number of rotatable bonds is 5. The van der Waals surface area contributed by atoms with E-state index in [1.807, 2.05) is 30.3 Å². The minimum Gasteiger partial charge on any atom is -0.394 e. The van der Waals surface area contributed by atoms with E-state index in [1.54, 1.807) is 0 Å². The van der Waals surface area contributed by atoms with Crippen LogP contribution in [0.2, 0.25) is 0 Å². The van der Waals surface area contributed by atoms with Crippen molar-refractivity contribution >= 4 is 5.91 Å². The monoisotopic (exact) mass is 262 g/mol. The zero-order valence-electron chi connectivity index (χ0n) is 11.1. The Morgan fingerprint density at radius 2 is 2.21 bits per heavy atom. The number of piperidine rings is 1. The van der Waals surface area contributed by atoms with Crippen LogP contribution >= 0.6 is 0 Å². The largest absolute Gasteiger partial charge is 0.394 e. The Bertz CT molecular complexity index is 388. The van der Waals surface area contributed by atoms with Crippen LogP contribution in [0.4, 0.5) is 0 Å². The molecule has 104 valence electrons. The van der Waals surface area contributed by atoms with Crippen LogP contribution in [0.1, 0.15) is 18.4 Å². The second-order valence-electron chi connectivity index (χ2n) is 5.12. The predicted molar refractivity (Wildman–Crippen MR) is 74.8 cm³/mol. The van der Waals surface area contributed by atoms with Gasteiger partial charge < -0.3 is 15.7 Å². The third-order valence-electron chi connectivity index (χ3n) is 3.56. The molecule has 2 atom stereocenters. The van der Waals surface area contributed by atoms with Gasteiger partial charge in [0.2, 0.25) is 5.91 Å². The maximum atomic E-state index is 12.1. The molecule has 1 heterocycles. The minimum atomic E-state index is -0.197. The Morgan fingerprint density at radius 1 is 1.42 bits per heavy atom. The number of nitrogens with one attached hydrogen (secondary N) is 2. The average molecular weight is 262 g/mol. The number of hydrogen-bond donors (Lipinski definition) is 3. The fourth-order valence-corrected chi connectivity index (χ4v) is 2.45. The van der Waals surface area contributed by atoms with E-state index in [2.05, 4.69) is 10.6 Å². The van der Waals surface area contributed by atoms with Crippen LogP contribution in [-0.2, 0) is 11.2 Å². The first-order valence-electron chi connectivity index (χ1n) is 6.95. The van der Waals surface area contributed by atoms with Gasteiger partial charge in [-0.1, -0.05) is 30.3 Å². The van der Waals surface area contributed by atoms with E-state index in [0.717, 1.165) is 31.5 Å². The Morgan fingerprint density at radius 3 is 2.84 bits per heavy atom. The quantitative estimate of drug-likeness (QED) is 0.732. The SMILES string of the molecule is O=C(NC(CO)Cc1ccccc1)[C@@H]1CCCNC1. The van der Waals surface area contributed by atoms with Crippen LogP contribution in [0.3, 0.4) is 0 Å². The van der Waals surface area contributed by atoms with Gasteiger partial charge in [0, 0.05) is 6.54 Å². The Balaban J connectivity index is 1.86. The third kappa shape index (κ3) is 4.33. The standard InChI is InChI=1S/C15H22N2O2/c18-11-14(9-12-5-2-1-3-6-12)17-15(19)13-7-4-8-16-10-13/h1-3,5-6,13-14,16,18H,4,7-11H2,(H,17,19)/t13-,14?/m1/s1. The molecule has 0 aliphatic carbocycles. The Hall–Kier alpha value is -1.39. The molecular weight excluding hydrogens is 240 g/mol. The summed E-state index contributed by atoms with van der Waals surface area (Å²) in [5.74, 6) is 0.0979. The molecule has 19 heavy (non-hydrogen) atoms. The number of benzene rings is 1. The van der Waals surface area contributed by atoms with Crippen molar-refractivity contribution in [2.24, 2.45) is 5.92 Å². The van der Waals surface area contributed by atoms with Crippen molar-refractivity contribution in [1.82, 2.24) is 10.6 Å². The van der Waals surface area contributed by atoms with E-state index in [9.17, 15) is 9.90 Å². The van der Waals surface area contributed by atoms with Crippen molar-refractivity contribution in [2.75, 3.05) is 19.7 Å². The van der Waals surface area contributed by atoms with Gasteiger partial charge >= 0.3 is 0 Å². The maximum absolute atomic E-state index is 12.1. The molecule has 4 heteroatoms. The zero-order valence-corrected chi connectivity index (χ0v) is 11.1. The number of amides is 1. The van der Waals surface area contributed by atoms with Gasteiger partial charge in [0.25, 0.3) is 0 Å². The molecule has 3 N–H and O–H groups in total. The number of hydrogen-bond acceptors (Lipinski definition) is 3. The van der Waals surface area contributed by atoms with E-state index in [-0.39, 0.29) is 24.5 Å². The summed E-state index contributed by atoms with van der Waals surface area (Å²) in [6, 6.07) is 9.72. The number of carbonyl (C=O) groups is 1. The molecule has 1 aliphatic rings. The molecule has 0 saturated carbocycles. The second kappa shape index (κ2) is 7.26. The highest BCUT2D eigenvalue weighted by molar-refractivity contribution is 5.79. The van der Waals surface area contributed by atoms with Crippen molar-refractivity contribution in [1.29, 1.82) is 0 Å². The highest BCUT2D eigenvalue weighted by Gasteiger charge is 2.22. The first kappa shape index (κ1) is 14.0. The normalized spacial score (nSPS) is 20.8. The van der Waals surface area contributed by atoms with Crippen molar-refractivity contribution in [3.8, 4) is 0 Å². The summed E-state index contributed by atoms with van der Waals surface area (Å²) in [6.07, 6.45) is 2.64. The van der Waals surface area contributed by atoms with Gasteiger partial charge in [-0.3, -0.25) is 4.79 Å². The summed E-state index contributed by atoms with van der Waals surface area (Å²) in [5.41, 5.74) is 1.13. The molecule has 1 aliphatic heterocycles. The Kier molecular flexibility index (Phi) is 5.36. The highest BCUT2D eigenvalue weighted by atomic mass is 16.3. The molecule has 1 aromatic rings. The lowest BCUT2D eigenvalue weighted by Gasteiger charge is -2.24. The van der Waals surface area contributed by atoms with Gasteiger partial charge in [-0.05, 0) is 31.4 Å². The molecule has 0 bridgehead atoms. The number of aliphatic hydroxyl groups is 1. The van der Waals surface area contributed by atoms with E-state index in [0.29, 0.717) is 6.42 Å². The molecule has 1 unspecified atom stereocenters. The average Bonchev–Trinajstić information content (AvgIpc) is 2.48. The molecule has 1 amide bonds. The van der Waals surface area contributed by atoms with E-state index < -0.39 is 0 Å². The van der Waals surface area contributed by atoms with Crippen molar-refractivity contribution in [3.63, 3.8) is 0 Å². The van der Waals surface area contributed by atoms with Gasteiger partial charge in [-0.15, -0.1) is 0 Å². The van der Waals surface area contributed by atoms with Crippen LogP contribution in [0.5, 0.6) is 0 Å². The lowest BCUT2D eigenvalue weighted by atomic mass is 9.98. The van der Waals surface area contributed by atoms with Crippen LogP contribution in [0.25, 0.3) is 0 Å². The summed E-state index contributed by atoms with van der Waals surface area (Å²) >= 11 is 0. The molecule has 4 nitrogen and oxygen atoms in total. The summed E-state index contributed by atoms with van der Waals surface area (Å²) in [5, 5.41) is 15.6. The molecule has 1 fully saturated rings. The molecule has 1 saturated heterocycles. The topological polar surface area (TPSA) is 61.4 Å². The van der Waals surface area contributed by atoms with Gasteiger partial charge in [0.15, 0.2) is 0 Å². The van der Waals surface area contributed by atoms with Crippen molar-refractivity contribution in [2.45, 2.75) is 25.3 Å². The fraction of sp³-hybridized carbons (Fsp3) is 0.533. The first-order chi connectivity index (χ1) is 9.29. The van der Waals surface area contributed by atoms with Crippen LogP contribution in [0.15, 0.2) is 30.3 Å². The lowest BCUT2D eigenvalue weighted by molar-refractivity contribution is -0.126. The highest BCUT2D eigenvalue weighted by Crippen LogP contribution is 2.11. The number of carbonyl (C=O) groups excluding carboxylic acids is 1. The van der Waals surface area contributed by atoms with Crippen molar-refractivity contribution < 1.29 is 9.90 Å². The smallest absolute Gasteiger partial charge is 0.224 e. The minimum absolute atomic E-state index is 0.0270. The predicted octanol–water partition coefficient (Wildman–Crippen LogP) is 0.706. The van der Waals surface area contributed by atoms with E-state index in [4.69, 9.17) is 0 Å². The first-order valence-corrected chi connectivity index (χ1v) is 6.95. The lowest BCUT2D eigenvalue weighted by Crippen LogP contribution is -2.46. The van der Waals surface area contributed by atoms with Crippen LogP contribution in [0, 0.1) is 5.92 Å². The van der Waals surface area contributed by atoms with Crippen LogP contribution in [-0.4, -0.2) is 36.8 Å². The summed E-state index contributed by atoms with van der Waals surface area (Å²) < 4.78 is 0. The fourth-order valence-electron chi connectivity index (χ4n) is 2.45. The molecule has 0 radical (unpaired) electrons. The maximum Gasteiger partial charge on any atom is 0.224 e. The van der Waals surface area contributed by atoms with E-state index >= 15 is 0 Å². The summed E-state index contributed by atoms with van der Waals surface area (Å²) in [4.78, 5) is 12.1. The van der Waals surface area contributed by atoms with Gasteiger partial charge in [0.1, 0.15) is 0 Å². The molecular formula is C15H22N2O2. The molecule has 0 spiro atoms. The van der Waals surface area contributed by atoms with Crippen LogP contribution < -0.4 is 10.6 Å². The summed E-state index contributed by atoms with van der Waals surface area (Å²) in [6.45, 7) is 1.72. The van der Waals surface area contributed by atoms with Gasteiger partial charge in [-0.25, -0.2) is 0 Å². The van der Waals surface area contributed by atoms with Gasteiger partial charge in [0.05, 0.1) is 18.6 Å². The molecule has 0 aromatic heterocycles. The van der Waals surface area contributed by atoms with Crippen molar-refractivity contribution in [3.05, 3.63) is 35.9 Å². The number of aliphatic hydroxyl groups excluding tert-OH is 1. The van der Waals surface area contributed by atoms with Gasteiger partial charge in [-0.2, -0.15) is 0 Å². The molecule has 2 rings (SSSR count).